The first-order chi connectivity index (χ1) is 8.79. The normalized spacial score (nSPS) is 24.8. The highest BCUT2D eigenvalue weighted by molar-refractivity contribution is 5.56. The number of benzene rings is 1. The first-order valence-electron chi connectivity index (χ1n) is 7.31. The van der Waals surface area contributed by atoms with Gasteiger partial charge in [0, 0.05) is 24.3 Å². The molecule has 1 N–H and O–H groups in total. The predicted molar refractivity (Wildman–Crippen MR) is 77.1 cm³/mol. The van der Waals surface area contributed by atoms with Gasteiger partial charge >= 0.3 is 0 Å². The van der Waals surface area contributed by atoms with Crippen LogP contribution in [0.25, 0.3) is 0 Å². The SMILES string of the molecule is CNC(CN1c2ccccc2CCC1C)C1CC1. The van der Waals surface area contributed by atoms with E-state index in [1.54, 1.807) is 0 Å². The van der Waals surface area contributed by atoms with E-state index >= 15 is 0 Å². The maximum Gasteiger partial charge on any atom is 0.0401 e. The molecule has 2 nitrogen and oxygen atoms in total. The minimum atomic E-state index is 0.665. The summed E-state index contributed by atoms with van der Waals surface area (Å²) in [4.78, 5) is 2.62. The number of para-hydroxylation sites is 1. The monoisotopic (exact) mass is 244 g/mol. The number of aryl methyl sites for hydroxylation is 1. The van der Waals surface area contributed by atoms with Crippen LogP contribution in [-0.2, 0) is 6.42 Å². The van der Waals surface area contributed by atoms with Crippen LogP contribution in [-0.4, -0.2) is 25.7 Å². The molecule has 0 saturated heterocycles. The zero-order valence-electron chi connectivity index (χ0n) is 11.5. The lowest BCUT2D eigenvalue weighted by molar-refractivity contribution is 0.455. The number of nitrogens with one attached hydrogen (secondary N) is 1. The highest BCUT2D eigenvalue weighted by atomic mass is 15.2. The minimum absolute atomic E-state index is 0.665. The van der Waals surface area contributed by atoms with E-state index in [0.29, 0.717) is 12.1 Å². The fourth-order valence-electron chi connectivity index (χ4n) is 3.22. The van der Waals surface area contributed by atoms with Crippen LogP contribution in [0.1, 0.15) is 31.7 Å². The van der Waals surface area contributed by atoms with Crippen LogP contribution in [0.3, 0.4) is 0 Å². The summed E-state index contributed by atoms with van der Waals surface area (Å²) in [6, 6.07) is 10.3. The van der Waals surface area contributed by atoms with Gasteiger partial charge in [0.2, 0.25) is 0 Å². The minimum Gasteiger partial charge on any atom is -0.367 e. The second-order valence-corrected chi connectivity index (χ2v) is 5.90. The smallest absolute Gasteiger partial charge is 0.0401 e. The molecule has 2 unspecified atom stereocenters. The maximum atomic E-state index is 3.52. The van der Waals surface area contributed by atoms with E-state index in [0.717, 1.165) is 5.92 Å². The molecule has 0 amide bonds. The van der Waals surface area contributed by atoms with Gasteiger partial charge in [0.05, 0.1) is 0 Å². The van der Waals surface area contributed by atoms with Gasteiger partial charge in [-0.15, -0.1) is 0 Å². The van der Waals surface area contributed by atoms with Crippen molar-refractivity contribution in [1.29, 1.82) is 0 Å². The van der Waals surface area contributed by atoms with Crippen molar-refractivity contribution in [2.45, 2.75) is 44.7 Å². The van der Waals surface area contributed by atoms with E-state index in [4.69, 9.17) is 0 Å². The number of fused-ring (bicyclic) bond motifs is 1. The van der Waals surface area contributed by atoms with E-state index in [9.17, 15) is 0 Å². The Morgan fingerprint density at radius 1 is 1.28 bits per heavy atom. The Bertz CT molecular complexity index is 411. The summed E-state index contributed by atoms with van der Waals surface area (Å²) in [5.74, 6) is 0.913. The molecule has 2 aliphatic rings. The van der Waals surface area contributed by atoms with Crippen molar-refractivity contribution in [2.75, 3.05) is 18.5 Å². The highest BCUT2D eigenvalue weighted by Crippen LogP contribution is 2.36. The molecule has 1 saturated carbocycles. The summed E-state index contributed by atoms with van der Waals surface area (Å²) < 4.78 is 0. The molecular weight excluding hydrogens is 220 g/mol. The first-order valence-corrected chi connectivity index (χ1v) is 7.31. The average molecular weight is 244 g/mol. The number of anilines is 1. The lowest BCUT2D eigenvalue weighted by atomic mass is 9.95. The molecule has 1 aromatic carbocycles. The lowest BCUT2D eigenvalue weighted by Crippen LogP contribution is -2.46. The molecule has 3 rings (SSSR count). The van der Waals surface area contributed by atoms with Crippen molar-refractivity contribution in [2.24, 2.45) is 5.92 Å². The Morgan fingerprint density at radius 3 is 2.78 bits per heavy atom. The van der Waals surface area contributed by atoms with Crippen molar-refractivity contribution in [3.63, 3.8) is 0 Å². The van der Waals surface area contributed by atoms with Gasteiger partial charge in [-0.25, -0.2) is 0 Å². The number of rotatable bonds is 4. The molecule has 98 valence electrons. The Balaban J connectivity index is 1.81. The number of hydrogen-bond donors (Lipinski definition) is 1. The Hall–Kier alpha value is -1.02. The summed E-state index contributed by atoms with van der Waals surface area (Å²) >= 11 is 0. The van der Waals surface area contributed by atoms with Crippen molar-refractivity contribution in [3.8, 4) is 0 Å². The molecule has 1 heterocycles. The average Bonchev–Trinajstić information content (AvgIpc) is 3.22. The van der Waals surface area contributed by atoms with Crippen LogP contribution >= 0.6 is 0 Å². The second kappa shape index (κ2) is 4.93. The Labute approximate surface area is 110 Å². The molecule has 1 aromatic rings. The predicted octanol–water partition coefficient (Wildman–Crippen LogP) is 2.83. The molecular formula is C16H24N2. The van der Waals surface area contributed by atoms with Crippen LogP contribution < -0.4 is 10.2 Å². The van der Waals surface area contributed by atoms with E-state index in [1.165, 1.54) is 43.5 Å². The molecule has 2 atom stereocenters. The standard InChI is InChI=1S/C16H24N2/c1-12-7-8-14-5-3-4-6-16(14)18(12)11-15(17-2)13-9-10-13/h3-6,12-13,15,17H,7-11H2,1-2H3. The van der Waals surface area contributed by atoms with E-state index in [1.807, 2.05) is 0 Å². The summed E-state index contributed by atoms with van der Waals surface area (Å²) in [5.41, 5.74) is 3.00. The topological polar surface area (TPSA) is 15.3 Å². The summed E-state index contributed by atoms with van der Waals surface area (Å²) in [6.07, 6.45) is 5.35. The Kier molecular flexibility index (Phi) is 3.29. The van der Waals surface area contributed by atoms with Gasteiger partial charge in [-0.1, -0.05) is 18.2 Å². The summed E-state index contributed by atoms with van der Waals surface area (Å²) in [5, 5.41) is 3.52. The van der Waals surface area contributed by atoms with E-state index in [-0.39, 0.29) is 0 Å². The van der Waals surface area contributed by atoms with Crippen molar-refractivity contribution in [1.82, 2.24) is 5.32 Å². The zero-order chi connectivity index (χ0) is 12.5. The van der Waals surface area contributed by atoms with Gasteiger partial charge in [-0.3, -0.25) is 0 Å². The van der Waals surface area contributed by atoms with Gasteiger partial charge in [0.15, 0.2) is 0 Å². The highest BCUT2D eigenvalue weighted by Gasteiger charge is 2.33. The molecule has 2 heteroatoms. The molecule has 1 aliphatic carbocycles. The molecule has 1 fully saturated rings. The van der Waals surface area contributed by atoms with Gasteiger partial charge in [0.1, 0.15) is 0 Å². The molecule has 0 bridgehead atoms. The second-order valence-electron chi connectivity index (χ2n) is 5.90. The van der Waals surface area contributed by atoms with Crippen LogP contribution in [0.15, 0.2) is 24.3 Å². The van der Waals surface area contributed by atoms with Crippen molar-refractivity contribution in [3.05, 3.63) is 29.8 Å². The number of hydrogen-bond acceptors (Lipinski definition) is 2. The van der Waals surface area contributed by atoms with E-state index in [2.05, 4.69) is 48.5 Å². The zero-order valence-corrected chi connectivity index (χ0v) is 11.5. The molecule has 0 radical (unpaired) electrons. The van der Waals surface area contributed by atoms with Crippen molar-refractivity contribution >= 4 is 5.69 Å². The van der Waals surface area contributed by atoms with Crippen LogP contribution in [0.4, 0.5) is 5.69 Å². The van der Waals surface area contributed by atoms with Gasteiger partial charge in [-0.2, -0.15) is 0 Å². The fourth-order valence-corrected chi connectivity index (χ4v) is 3.22. The van der Waals surface area contributed by atoms with Gasteiger partial charge in [0.25, 0.3) is 0 Å². The van der Waals surface area contributed by atoms with Crippen molar-refractivity contribution < 1.29 is 0 Å². The third-order valence-corrected chi connectivity index (χ3v) is 4.62. The molecule has 0 spiro atoms. The first kappa shape index (κ1) is 12.0. The van der Waals surface area contributed by atoms with Crippen LogP contribution in [0, 0.1) is 5.92 Å². The fraction of sp³-hybridized carbons (Fsp3) is 0.625. The Morgan fingerprint density at radius 2 is 2.06 bits per heavy atom. The molecule has 0 aromatic heterocycles. The number of nitrogens with zero attached hydrogens (tertiary/aromatic N) is 1. The third kappa shape index (κ3) is 2.26. The summed E-state index contributed by atoms with van der Waals surface area (Å²) in [7, 11) is 2.11. The summed E-state index contributed by atoms with van der Waals surface area (Å²) in [6.45, 7) is 3.54. The van der Waals surface area contributed by atoms with Crippen LogP contribution in [0.5, 0.6) is 0 Å². The quantitative estimate of drug-likeness (QED) is 0.876. The maximum absolute atomic E-state index is 3.52. The van der Waals surface area contributed by atoms with Gasteiger partial charge < -0.3 is 10.2 Å². The molecule has 18 heavy (non-hydrogen) atoms. The van der Waals surface area contributed by atoms with Gasteiger partial charge in [-0.05, 0) is 57.2 Å². The molecule has 1 aliphatic heterocycles. The van der Waals surface area contributed by atoms with E-state index < -0.39 is 0 Å². The number of likely N-dealkylation sites (N-methyl/N-ethyl adjacent to an activating group) is 1. The largest absolute Gasteiger partial charge is 0.367 e. The van der Waals surface area contributed by atoms with Crippen LogP contribution in [0.2, 0.25) is 0 Å². The third-order valence-electron chi connectivity index (χ3n) is 4.62. The lowest BCUT2D eigenvalue weighted by Gasteiger charge is -2.39.